The molecule has 24 heavy (non-hydrogen) atoms. The number of carboxylic acid groups (broad SMARTS) is 1. The molecule has 0 aliphatic heterocycles. The predicted molar refractivity (Wildman–Crippen MR) is 90.0 cm³/mol. The van der Waals surface area contributed by atoms with Gasteiger partial charge in [0.1, 0.15) is 0 Å². The van der Waals surface area contributed by atoms with Crippen LogP contribution in [0.2, 0.25) is 0 Å². The molecule has 130 valence electrons. The molecule has 0 radical (unpaired) electrons. The zero-order chi connectivity index (χ0) is 17.7. The molecule has 1 fully saturated rings. The van der Waals surface area contributed by atoms with Crippen LogP contribution in [0.15, 0.2) is 24.3 Å². The second-order valence-corrected chi connectivity index (χ2v) is 6.49. The highest BCUT2D eigenvalue weighted by Gasteiger charge is 2.40. The van der Waals surface area contributed by atoms with Gasteiger partial charge in [0.2, 0.25) is 0 Å². The van der Waals surface area contributed by atoms with E-state index in [9.17, 15) is 14.4 Å². The first-order chi connectivity index (χ1) is 11.3. The number of anilines is 1. The van der Waals surface area contributed by atoms with Crippen molar-refractivity contribution >= 4 is 23.6 Å². The van der Waals surface area contributed by atoms with Gasteiger partial charge in [-0.15, -0.1) is 0 Å². The van der Waals surface area contributed by atoms with Crippen molar-refractivity contribution in [2.75, 3.05) is 5.32 Å². The molecule has 0 bridgehead atoms. The van der Waals surface area contributed by atoms with E-state index < -0.39 is 11.5 Å². The summed E-state index contributed by atoms with van der Waals surface area (Å²) in [6, 6.07) is 6.21. The van der Waals surface area contributed by atoms with Crippen LogP contribution in [0.5, 0.6) is 0 Å². The maximum atomic E-state index is 12.3. The zero-order valence-corrected chi connectivity index (χ0v) is 13.9. The average Bonchev–Trinajstić information content (AvgIpc) is 2.44. The van der Waals surface area contributed by atoms with E-state index in [0.29, 0.717) is 24.1 Å². The van der Waals surface area contributed by atoms with Crippen LogP contribution in [0.4, 0.5) is 10.5 Å². The lowest BCUT2D eigenvalue weighted by Crippen LogP contribution is -2.54. The summed E-state index contributed by atoms with van der Waals surface area (Å²) in [6.07, 6.45) is 2.22. The number of rotatable bonds is 6. The van der Waals surface area contributed by atoms with Gasteiger partial charge in [0.25, 0.3) is 5.91 Å². The third-order valence-electron chi connectivity index (χ3n) is 4.00. The fraction of sp³-hybridized carbons (Fsp3) is 0.471. The molecule has 1 aliphatic carbocycles. The number of carbonyl (C=O) groups is 3. The van der Waals surface area contributed by atoms with E-state index >= 15 is 0 Å². The van der Waals surface area contributed by atoms with Gasteiger partial charge in [0.15, 0.2) is 0 Å². The SMILES string of the molecule is CC(C)NC(=O)Nc1ccc(C(=O)NC2(CC(=O)O)CCC2)cc1. The maximum Gasteiger partial charge on any atom is 0.319 e. The maximum absolute atomic E-state index is 12.3. The summed E-state index contributed by atoms with van der Waals surface area (Å²) >= 11 is 0. The van der Waals surface area contributed by atoms with E-state index in [1.165, 1.54) is 0 Å². The summed E-state index contributed by atoms with van der Waals surface area (Å²) in [5, 5.41) is 17.2. The van der Waals surface area contributed by atoms with Gasteiger partial charge in [0, 0.05) is 17.3 Å². The van der Waals surface area contributed by atoms with E-state index in [-0.39, 0.29) is 24.4 Å². The fourth-order valence-corrected chi connectivity index (χ4v) is 2.69. The number of hydrogen-bond acceptors (Lipinski definition) is 3. The molecule has 4 N–H and O–H groups in total. The highest BCUT2D eigenvalue weighted by molar-refractivity contribution is 5.96. The van der Waals surface area contributed by atoms with Crippen LogP contribution < -0.4 is 16.0 Å². The first-order valence-electron chi connectivity index (χ1n) is 8.01. The van der Waals surface area contributed by atoms with E-state index in [4.69, 9.17) is 5.11 Å². The summed E-state index contributed by atoms with van der Waals surface area (Å²) in [5.41, 5.74) is 0.381. The minimum Gasteiger partial charge on any atom is -0.481 e. The van der Waals surface area contributed by atoms with Crippen molar-refractivity contribution in [1.29, 1.82) is 0 Å². The summed E-state index contributed by atoms with van der Waals surface area (Å²) in [6.45, 7) is 3.72. The molecule has 7 heteroatoms. The van der Waals surface area contributed by atoms with Gasteiger partial charge in [-0.2, -0.15) is 0 Å². The van der Waals surface area contributed by atoms with Crippen molar-refractivity contribution in [3.05, 3.63) is 29.8 Å². The Morgan fingerprint density at radius 3 is 2.25 bits per heavy atom. The van der Waals surface area contributed by atoms with Gasteiger partial charge < -0.3 is 21.1 Å². The van der Waals surface area contributed by atoms with Crippen molar-refractivity contribution in [1.82, 2.24) is 10.6 Å². The fourth-order valence-electron chi connectivity index (χ4n) is 2.69. The Labute approximate surface area is 140 Å². The van der Waals surface area contributed by atoms with Crippen molar-refractivity contribution in [3.63, 3.8) is 0 Å². The number of amides is 3. The molecule has 1 aromatic carbocycles. The number of aliphatic carboxylic acids is 1. The minimum atomic E-state index is -0.911. The summed E-state index contributed by atoms with van der Waals surface area (Å²) in [4.78, 5) is 34.9. The standard InChI is InChI=1S/C17H23N3O4/c1-11(2)18-16(24)19-13-6-4-12(5-7-13)15(23)20-17(8-3-9-17)10-14(21)22/h4-7,11H,3,8-10H2,1-2H3,(H,20,23)(H,21,22)(H2,18,19,24). The quantitative estimate of drug-likeness (QED) is 0.641. The molecule has 0 spiro atoms. The van der Waals surface area contributed by atoms with E-state index in [1.54, 1.807) is 24.3 Å². The van der Waals surface area contributed by atoms with Crippen LogP contribution in [0.3, 0.4) is 0 Å². The van der Waals surface area contributed by atoms with Crippen LogP contribution in [0, 0.1) is 0 Å². The second-order valence-electron chi connectivity index (χ2n) is 6.49. The van der Waals surface area contributed by atoms with E-state index in [0.717, 1.165) is 6.42 Å². The number of nitrogens with one attached hydrogen (secondary N) is 3. The first kappa shape index (κ1) is 17.8. The number of urea groups is 1. The summed E-state index contributed by atoms with van der Waals surface area (Å²) in [5.74, 6) is -1.21. The molecular weight excluding hydrogens is 310 g/mol. The molecule has 0 heterocycles. The molecule has 1 aliphatic rings. The van der Waals surface area contributed by atoms with Crippen LogP contribution in [0.25, 0.3) is 0 Å². The lowest BCUT2D eigenvalue weighted by molar-refractivity contribution is -0.139. The molecule has 1 saturated carbocycles. The molecule has 0 atom stereocenters. The lowest BCUT2D eigenvalue weighted by Gasteiger charge is -2.41. The molecule has 3 amide bonds. The molecule has 1 aromatic rings. The topological polar surface area (TPSA) is 108 Å². The van der Waals surface area contributed by atoms with Crippen molar-refractivity contribution < 1.29 is 19.5 Å². The molecule has 0 aromatic heterocycles. The van der Waals surface area contributed by atoms with Crippen molar-refractivity contribution in [2.24, 2.45) is 0 Å². The number of benzene rings is 1. The molecular formula is C17H23N3O4. The Morgan fingerprint density at radius 2 is 1.79 bits per heavy atom. The monoisotopic (exact) mass is 333 g/mol. The smallest absolute Gasteiger partial charge is 0.319 e. The van der Waals surface area contributed by atoms with Crippen LogP contribution in [-0.2, 0) is 4.79 Å². The highest BCUT2D eigenvalue weighted by atomic mass is 16.4. The Balaban J connectivity index is 1.96. The normalized spacial score (nSPS) is 15.3. The largest absolute Gasteiger partial charge is 0.481 e. The van der Waals surface area contributed by atoms with Gasteiger partial charge in [0.05, 0.1) is 12.0 Å². The Hall–Kier alpha value is -2.57. The van der Waals surface area contributed by atoms with Crippen LogP contribution in [0.1, 0.15) is 49.9 Å². The third kappa shape index (κ3) is 4.71. The Bertz CT molecular complexity index is 621. The van der Waals surface area contributed by atoms with Gasteiger partial charge in [-0.3, -0.25) is 9.59 Å². The Morgan fingerprint density at radius 1 is 1.17 bits per heavy atom. The number of carboxylic acids is 1. The predicted octanol–water partition coefficient (Wildman–Crippen LogP) is 2.34. The minimum absolute atomic E-state index is 0.0305. The summed E-state index contributed by atoms with van der Waals surface area (Å²) in [7, 11) is 0. The molecule has 0 unspecified atom stereocenters. The van der Waals surface area contributed by atoms with E-state index in [2.05, 4.69) is 16.0 Å². The zero-order valence-electron chi connectivity index (χ0n) is 13.9. The van der Waals surface area contributed by atoms with Gasteiger partial charge >= 0.3 is 12.0 Å². The second kappa shape index (κ2) is 7.33. The first-order valence-corrected chi connectivity index (χ1v) is 8.01. The number of hydrogen-bond donors (Lipinski definition) is 4. The summed E-state index contributed by atoms with van der Waals surface area (Å²) < 4.78 is 0. The molecule has 2 rings (SSSR count). The van der Waals surface area contributed by atoms with E-state index in [1.807, 2.05) is 13.8 Å². The Kier molecular flexibility index (Phi) is 5.43. The molecule has 0 saturated heterocycles. The highest BCUT2D eigenvalue weighted by Crippen LogP contribution is 2.35. The molecule has 7 nitrogen and oxygen atoms in total. The number of carbonyl (C=O) groups excluding carboxylic acids is 2. The van der Waals surface area contributed by atoms with Gasteiger partial charge in [-0.1, -0.05) is 0 Å². The van der Waals surface area contributed by atoms with Gasteiger partial charge in [-0.05, 0) is 57.4 Å². The van der Waals surface area contributed by atoms with Gasteiger partial charge in [-0.25, -0.2) is 4.79 Å². The van der Waals surface area contributed by atoms with Crippen molar-refractivity contribution in [3.8, 4) is 0 Å². The third-order valence-corrected chi connectivity index (χ3v) is 4.00. The van der Waals surface area contributed by atoms with Crippen molar-refractivity contribution in [2.45, 2.75) is 51.1 Å². The van der Waals surface area contributed by atoms with Crippen LogP contribution in [-0.4, -0.2) is 34.6 Å². The lowest BCUT2D eigenvalue weighted by atomic mass is 9.74. The average molecular weight is 333 g/mol. The van der Waals surface area contributed by atoms with Crippen LogP contribution >= 0.6 is 0 Å².